The lowest BCUT2D eigenvalue weighted by Crippen LogP contribution is -2.28. The highest BCUT2D eigenvalue weighted by atomic mass is 16.5. The van der Waals surface area contributed by atoms with Crippen molar-refractivity contribution in [2.45, 2.75) is 52.4 Å². The third kappa shape index (κ3) is 3.49. The highest BCUT2D eigenvalue weighted by molar-refractivity contribution is 5.01. The number of ether oxygens (including phenoxy) is 1. The van der Waals surface area contributed by atoms with E-state index in [1.54, 1.807) is 7.11 Å². The predicted molar refractivity (Wildman–Crippen MR) is 66.0 cm³/mol. The number of hydrogen-bond acceptors (Lipinski definition) is 2. The van der Waals surface area contributed by atoms with Gasteiger partial charge in [-0.2, -0.15) is 5.26 Å². The molecule has 0 aliphatic heterocycles. The van der Waals surface area contributed by atoms with Crippen molar-refractivity contribution < 1.29 is 4.74 Å². The smallest absolute Gasteiger partial charge is 0.0689 e. The number of hydrogen-bond donors (Lipinski definition) is 0. The molecule has 0 aromatic carbocycles. The summed E-state index contributed by atoms with van der Waals surface area (Å²) in [6.07, 6.45) is 6.70. The zero-order chi connectivity index (χ0) is 12.0. The molecule has 2 heteroatoms. The molecule has 0 unspecified atom stereocenters. The predicted octanol–water partition coefficient (Wildman–Crippen LogP) is 3.77. The fourth-order valence-corrected chi connectivity index (χ4v) is 2.83. The Morgan fingerprint density at radius 2 is 2.00 bits per heavy atom. The fourth-order valence-electron chi connectivity index (χ4n) is 2.83. The van der Waals surface area contributed by atoms with Crippen molar-refractivity contribution in [3.8, 4) is 6.07 Å². The van der Waals surface area contributed by atoms with Gasteiger partial charge in [-0.1, -0.05) is 13.8 Å². The van der Waals surface area contributed by atoms with Crippen LogP contribution in [0, 0.1) is 28.6 Å². The van der Waals surface area contributed by atoms with Crippen LogP contribution in [0.25, 0.3) is 0 Å². The minimum Gasteiger partial charge on any atom is -0.385 e. The van der Waals surface area contributed by atoms with Crippen LogP contribution in [-0.4, -0.2) is 13.7 Å². The van der Waals surface area contributed by atoms with Crippen molar-refractivity contribution >= 4 is 0 Å². The molecular weight excluding hydrogens is 198 g/mol. The van der Waals surface area contributed by atoms with Crippen LogP contribution >= 0.6 is 0 Å². The van der Waals surface area contributed by atoms with Crippen molar-refractivity contribution in [1.82, 2.24) is 0 Å². The number of rotatable bonds is 5. The van der Waals surface area contributed by atoms with E-state index in [9.17, 15) is 5.26 Å². The Morgan fingerprint density at radius 3 is 2.44 bits per heavy atom. The molecule has 92 valence electrons. The molecule has 0 saturated heterocycles. The number of nitrogens with zero attached hydrogens (tertiary/aromatic N) is 1. The molecule has 1 rings (SSSR count). The summed E-state index contributed by atoms with van der Waals surface area (Å²) in [4.78, 5) is 0. The van der Waals surface area contributed by atoms with E-state index in [0.29, 0.717) is 0 Å². The topological polar surface area (TPSA) is 33.0 Å². The van der Waals surface area contributed by atoms with Crippen molar-refractivity contribution in [2.75, 3.05) is 13.7 Å². The average molecular weight is 223 g/mol. The minimum absolute atomic E-state index is 0.0378. The van der Waals surface area contributed by atoms with Crippen LogP contribution in [-0.2, 0) is 4.74 Å². The van der Waals surface area contributed by atoms with Crippen LogP contribution in [0.2, 0.25) is 0 Å². The lowest BCUT2D eigenvalue weighted by Gasteiger charge is -2.36. The Kier molecular flexibility index (Phi) is 5.28. The third-order valence-corrected chi connectivity index (χ3v) is 4.17. The first kappa shape index (κ1) is 13.5. The summed E-state index contributed by atoms with van der Waals surface area (Å²) in [5.74, 6) is 1.61. The Hall–Kier alpha value is -0.550. The van der Waals surface area contributed by atoms with Crippen molar-refractivity contribution in [1.29, 1.82) is 5.26 Å². The molecule has 0 radical (unpaired) electrons. The summed E-state index contributed by atoms with van der Waals surface area (Å²) in [6, 6.07) is 2.58. The quantitative estimate of drug-likeness (QED) is 0.665. The summed E-state index contributed by atoms with van der Waals surface area (Å²) in [5, 5.41) is 9.37. The molecule has 0 atom stereocenters. The van der Waals surface area contributed by atoms with E-state index in [-0.39, 0.29) is 5.41 Å². The molecule has 1 aliphatic carbocycles. The average Bonchev–Trinajstić information content (AvgIpc) is 2.30. The second-order valence-electron chi connectivity index (χ2n) is 5.57. The van der Waals surface area contributed by atoms with Crippen LogP contribution in [0.3, 0.4) is 0 Å². The van der Waals surface area contributed by atoms with Gasteiger partial charge in [0, 0.05) is 13.7 Å². The van der Waals surface area contributed by atoms with Gasteiger partial charge >= 0.3 is 0 Å². The van der Waals surface area contributed by atoms with E-state index >= 15 is 0 Å². The Bertz CT molecular complexity index is 234. The van der Waals surface area contributed by atoms with Gasteiger partial charge in [0.25, 0.3) is 0 Å². The molecule has 1 aliphatic rings. The van der Waals surface area contributed by atoms with Gasteiger partial charge in [-0.3, -0.25) is 0 Å². The Labute approximate surface area is 100.0 Å². The van der Waals surface area contributed by atoms with Crippen molar-refractivity contribution in [3.05, 3.63) is 0 Å². The lowest BCUT2D eigenvalue weighted by molar-refractivity contribution is 0.138. The molecule has 0 aromatic heterocycles. The molecular formula is C14H25NO. The molecule has 1 fully saturated rings. The van der Waals surface area contributed by atoms with E-state index in [1.165, 1.54) is 12.8 Å². The monoisotopic (exact) mass is 223 g/mol. The van der Waals surface area contributed by atoms with E-state index < -0.39 is 0 Å². The molecule has 16 heavy (non-hydrogen) atoms. The zero-order valence-electron chi connectivity index (χ0n) is 11.0. The van der Waals surface area contributed by atoms with E-state index in [2.05, 4.69) is 19.9 Å². The van der Waals surface area contributed by atoms with Crippen LogP contribution in [0.4, 0.5) is 0 Å². The maximum Gasteiger partial charge on any atom is 0.0689 e. The highest BCUT2D eigenvalue weighted by Gasteiger charge is 2.35. The Balaban J connectivity index is 2.43. The molecule has 0 spiro atoms. The second-order valence-corrected chi connectivity index (χ2v) is 5.57. The van der Waals surface area contributed by atoms with Crippen LogP contribution in [0.1, 0.15) is 52.4 Å². The van der Waals surface area contributed by atoms with E-state index in [1.807, 2.05) is 0 Å². The van der Waals surface area contributed by atoms with Gasteiger partial charge in [-0.25, -0.2) is 0 Å². The number of nitriles is 1. The summed E-state index contributed by atoms with van der Waals surface area (Å²) >= 11 is 0. The first-order chi connectivity index (χ1) is 7.63. The van der Waals surface area contributed by atoms with Gasteiger partial charge in [0.2, 0.25) is 0 Å². The first-order valence-corrected chi connectivity index (χ1v) is 6.54. The normalized spacial score (nSPS) is 30.3. The van der Waals surface area contributed by atoms with E-state index in [0.717, 1.165) is 44.1 Å². The zero-order valence-corrected chi connectivity index (χ0v) is 11.0. The molecule has 0 N–H and O–H groups in total. The van der Waals surface area contributed by atoms with Gasteiger partial charge in [-0.05, 0) is 50.4 Å². The van der Waals surface area contributed by atoms with Crippen molar-refractivity contribution in [2.24, 2.45) is 17.3 Å². The molecule has 0 amide bonds. The molecule has 2 nitrogen and oxygen atoms in total. The fraction of sp³-hybridized carbons (Fsp3) is 0.929. The second kappa shape index (κ2) is 6.25. The summed E-state index contributed by atoms with van der Waals surface area (Å²) in [6.45, 7) is 5.39. The summed E-state index contributed by atoms with van der Waals surface area (Å²) < 4.78 is 5.07. The van der Waals surface area contributed by atoms with Gasteiger partial charge in [0.05, 0.1) is 11.5 Å². The van der Waals surface area contributed by atoms with E-state index in [4.69, 9.17) is 4.74 Å². The van der Waals surface area contributed by atoms with Crippen molar-refractivity contribution in [3.63, 3.8) is 0 Å². The van der Waals surface area contributed by atoms with Gasteiger partial charge < -0.3 is 4.74 Å². The van der Waals surface area contributed by atoms with Gasteiger partial charge in [0.1, 0.15) is 0 Å². The third-order valence-electron chi connectivity index (χ3n) is 4.17. The van der Waals surface area contributed by atoms with Crippen LogP contribution in [0.15, 0.2) is 0 Å². The highest BCUT2D eigenvalue weighted by Crippen LogP contribution is 2.43. The lowest BCUT2D eigenvalue weighted by atomic mass is 9.67. The standard InChI is InChI=1S/C14H25NO/c1-12(2)13-5-8-14(11-15,9-6-13)7-4-10-16-3/h12-13H,4-10H2,1-3H3. The van der Waals surface area contributed by atoms with Crippen LogP contribution < -0.4 is 0 Å². The maximum absolute atomic E-state index is 9.37. The maximum atomic E-state index is 9.37. The molecule has 1 saturated carbocycles. The van der Waals surface area contributed by atoms with Gasteiger partial charge in [-0.15, -0.1) is 0 Å². The largest absolute Gasteiger partial charge is 0.385 e. The SMILES string of the molecule is COCCCC1(C#N)CCC(C(C)C)CC1. The Morgan fingerprint density at radius 1 is 1.38 bits per heavy atom. The molecule has 0 heterocycles. The summed E-state index contributed by atoms with van der Waals surface area (Å²) in [5.41, 5.74) is -0.0378. The molecule has 0 bridgehead atoms. The first-order valence-electron chi connectivity index (χ1n) is 6.54. The number of methoxy groups -OCH3 is 1. The van der Waals surface area contributed by atoms with Crippen LogP contribution in [0.5, 0.6) is 0 Å². The summed E-state index contributed by atoms with van der Waals surface area (Å²) in [7, 11) is 1.73. The minimum atomic E-state index is -0.0378. The van der Waals surface area contributed by atoms with Gasteiger partial charge in [0.15, 0.2) is 0 Å². The molecule has 0 aromatic rings.